The zero-order valence-corrected chi connectivity index (χ0v) is 11.8. The van der Waals surface area contributed by atoms with E-state index in [1.54, 1.807) is 18.4 Å². The van der Waals surface area contributed by atoms with Gasteiger partial charge >= 0.3 is 0 Å². The molecule has 0 radical (unpaired) electrons. The molecule has 0 aliphatic carbocycles. The molecule has 92 valence electrons. The Morgan fingerprint density at radius 3 is 2.76 bits per heavy atom. The summed E-state index contributed by atoms with van der Waals surface area (Å²) >= 11 is 7.94. The third-order valence-corrected chi connectivity index (χ3v) is 4.05. The van der Waals surface area contributed by atoms with Crippen LogP contribution in [0, 0.1) is 6.92 Å². The minimum absolute atomic E-state index is 0.572. The summed E-state index contributed by atoms with van der Waals surface area (Å²) in [5, 5.41) is 1.60. The third kappa shape index (κ3) is 2.44. The second kappa shape index (κ2) is 5.29. The molecule has 17 heavy (non-hydrogen) atoms. The smallest absolute Gasteiger partial charge is 0.141 e. The number of rotatable bonds is 4. The Bertz CT molecular complexity index is 539. The standard InChI is InChI=1S/C12H15ClN2OS/c1-4-8-7(2)17-12-10(8)11(13)14-9(15-12)5-6-16-3/h4-6H2,1-3H3. The maximum absolute atomic E-state index is 6.25. The van der Waals surface area contributed by atoms with E-state index >= 15 is 0 Å². The average molecular weight is 271 g/mol. The normalized spacial score (nSPS) is 11.3. The first-order valence-electron chi connectivity index (χ1n) is 5.60. The molecule has 2 heterocycles. The number of ether oxygens (including phenoxy) is 1. The fraction of sp³-hybridized carbons (Fsp3) is 0.500. The number of methoxy groups -OCH3 is 1. The quantitative estimate of drug-likeness (QED) is 0.799. The van der Waals surface area contributed by atoms with Crippen LogP contribution in [0.4, 0.5) is 0 Å². The van der Waals surface area contributed by atoms with Crippen LogP contribution in [0.3, 0.4) is 0 Å². The Morgan fingerprint density at radius 2 is 2.12 bits per heavy atom. The summed E-state index contributed by atoms with van der Waals surface area (Å²) in [6.45, 7) is 4.85. The van der Waals surface area contributed by atoms with Crippen molar-refractivity contribution in [3.05, 3.63) is 21.4 Å². The van der Waals surface area contributed by atoms with Gasteiger partial charge in [-0.3, -0.25) is 0 Å². The first-order valence-corrected chi connectivity index (χ1v) is 6.80. The minimum atomic E-state index is 0.572. The Morgan fingerprint density at radius 1 is 1.35 bits per heavy atom. The molecule has 0 saturated heterocycles. The number of hydrogen-bond donors (Lipinski definition) is 0. The van der Waals surface area contributed by atoms with Crippen LogP contribution in [0.5, 0.6) is 0 Å². The van der Waals surface area contributed by atoms with Crippen molar-refractivity contribution >= 4 is 33.2 Å². The van der Waals surface area contributed by atoms with E-state index in [1.165, 1.54) is 10.4 Å². The first-order chi connectivity index (χ1) is 8.17. The highest BCUT2D eigenvalue weighted by atomic mass is 35.5. The molecule has 2 aromatic rings. The lowest BCUT2D eigenvalue weighted by Gasteiger charge is -2.02. The van der Waals surface area contributed by atoms with Gasteiger partial charge in [-0.25, -0.2) is 9.97 Å². The van der Waals surface area contributed by atoms with Crippen LogP contribution < -0.4 is 0 Å². The van der Waals surface area contributed by atoms with Crippen LogP contribution in [-0.2, 0) is 17.6 Å². The average Bonchev–Trinajstić information content (AvgIpc) is 2.62. The summed E-state index contributed by atoms with van der Waals surface area (Å²) in [6, 6.07) is 0. The number of fused-ring (bicyclic) bond motifs is 1. The van der Waals surface area contributed by atoms with Crippen LogP contribution >= 0.6 is 22.9 Å². The Labute approximate surface area is 110 Å². The van der Waals surface area contributed by atoms with E-state index < -0.39 is 0 Å². The van der Waals surface area contributed by atoms with Gasteiger partial charge in [-0.2, -0.15) is 0 Å². The zero-order chi connectivity index (χ0) is 12.4. The summed E-state index contributed by atoms with van der Waals surface area (Å²) in [7, 11) is 1.67. The van der Waals surface area contributed by atoms with Gasteiger partial charge in [-0.15, -0.1) is 11.3 Å². The number of thiophene rings is 1. The molecular formula is C12H15ClN2OS. The SMILES string of the molecule is CCc1c(C)sc2nc(CCOC)nc(Cl)c12. The van der Waals surface area contributed by atoms with Gasteiger partial charge in [0.2, 0.25) is 0 Å². The molecule has 0 N–H and O–H groups in total. The van der Waals surface area contributed by atoms with Crippen LogP contribution in [0.1, 0.15) is 23.2 Å². The molecule has 2 aromatic heterocycles. The highest BCUT2D eigenvalue weighted by Crippen LogP contribution is 2.33. The lowest BCUT2D eigenvalue weighted by atomic mass is 10.1. The monoisotopic (exact) mass is 270 g/mol. The highest BCUT2D eigenvalue weighted by molar-refractivity contribution is 7.18. The Balaban J connectivity index is 2.52. The van der Waals surface area contributed by atoms with Crippen LogP contribution in [0.15, 0.2) is 0 Å². The lowest BCUT2D eigenvalue weighted by molar-refractivity contribution is 0.200. The second-order valence-electron chi connectivity index (χ2n) is 3.84. The van der Waals surface area contributed by atoms with E-state index in [4.69, 9.17) is 16.3 Å². The molecule has 0 aliphatic rings. The van der Waals surface area contributed by atoms with Crippen LogP contribution in [0.25, 0.3) is 10.2 Å². The molecule has 2 rings (SSSR count). The molecule has 0 spiro atoms. The molecule has 0 amide bonds. The molecule has 3 nitrogen and oxygen atoms in total. The summed E-state index contributed by atoms with van der Waals surface area (Å²) in [5.74, 6) is 0.758. The van der Waals surface area contributed by atoms with Crippen molar-refractivity contribution in [3.63, 3.8) is 0 Å². The molecule has 0 unspecified atom stereocenters. The number of halogens is 1. The van der Waals surface area contributed by atoms with Crippen LogP contribution in [0.2, 0.25) is 5.15 Å². The van der Waals surface area contributed by atoms with Gasteiger partial charge in [0.15, 0.2) is 0 Å². The Hall–Kier alpha value is -0.710. The van der Waals surface area contributed by atoms with Crippen molar-refractivity contribution < 1.29 is 4.74 Å². The van der Waals surface area contributed by atoms with Gasteiger partial charge in [0.25, 0.3) is 0 Å². The Kier molecular flexibility index (Phi) is 3.97. The van der Waals surface area contributed by atoms with Crippen molar-refractivity contribution in [2.75, 3.05) is 13.7 Å². The maximum Gasteiger partial charge on any atom is 0.141 e. The van der Waals surface area contributed by atoms with E-state index in [2.05, 4.69) is 23.8 Å². The second-order valence-corrected chi connectivity index (χ2v) is 5.41. The van der Waals surface area contributed by atoms with E-state index in [1.807, 2.05) is 0 Å². The van der Waals surface area contributed by atoms with Crippen LogP contribution in [-0.4, -0.2) is 23.7 Å². The number of aryl methyl sites for hydroxylation is 2. The molecule has 0 saturated carbocycles. The van der Waals surface area contributed by atoms with E-state index in [-0.39, 0.29) is 0 Å². The molecular weight excluding hydrogens is 256 g/mol. The minimum Gasteiger partial charge on any atom is -0.384 e. The third-order valence-electron chi connectivity index (χ3n) is 2.74. The summed E-state index contributed by atoms with van der Waals surface area (Å²) in [5.41, 5.74) is 1.27. The number of aromatic nitrogens is 2. The fourth-order valence-electron chi connectivity index (χ4n) is 1.90. The van der Waals surface area contributed by atoms with Crippen molar-refractivity contribution in [1.82, 2.24) is 9.97 Å². The molecule has 5 heteroatoms. The van der Waals surface area contributed by atoms with Gasteiger partial charge in [0.1, 0.15) is 15.8 Å². The van der Waals surface area contributed by atoms with Crippen molar-refractivity contribution in [3.8, 4) is 0 Å². The summed E-state index contributed by atoms with van der Waals surface area (Å²) < 4.78 is 5.03. The van der Waals surface area contributed by atoms with Gasteiger partial charge in [0.05, 0.1) is 12.0 Å². The molecule has 0 aromatic carbocycles. The van der Waals surface area contributed by atoms with Crippen molar-refractivity contribution in [2.24, 2.45) is 0 Å². The predicted molar refractivity (Wildman–Crippen MR) is 72.1 cm³/mol. The zero-order valence-electron chi connectivity index (χ0n) is 10.2. The number of nitrogens with zero attached hydrogens (tertiary/aromatic N) is 2. The van der Waals surface area contributed by atoms with Crippen molar-refractivity contribution in [2.45, 2.75) is 26.7 Å². The molecule has 0 atom stereocenters. The molecule has 0 aliphatic heterocycles. The first kappa shape index (κ1) is 12.7. The molecule has 0 bridgehead atoms. The molecule has 0 fully saturated rings. The number of hydrogen-bond acceptors (Lipinski definition) is 4. The van der Waals surface area contributed by atoms with E-state index in [9.17, 15) is 0 Å². The largest absolute Gasteiger partial charge is 0.384 e. The van der Waals surface area contributed by atoms with Gasteiger partial charge in [-0.1, -0.05) is 18.5 Å². The highest BCUT2D eigenvalue weighted by Gasteiger charge is 2.14. The van der Waals surface area contributed by atoms with Gasteiger partial charge < -0.3 is 4.74 Å². The summed E-state index contributed by atoms with van der Waals surface area (Å²) in [6.07, 6.45) is 1.66. The summed E-state index contributed by atoms with van der Waals surface area (Å²) in [4.78, 5) is 11.2. The van der Waals surface area contributed by atoms with E-state index in [0.29, 0.717) is 18.2 Å². The van der Waals surface area contributed by atoms with Gasteiger partial charge in [0, 0.05) is 18.4 Å². The predicted octanol–water partition coefficient (Wildman–Crippen LogP) is 3.40. The lowest BCUT2D eigenvalue weighted by Crippen LogP contribution is -2.01. The van der Waals surface area contributed by atoms with E-state index in [0.717, 1.165) is 22.5 Å². The fourth-order valence-corrected chi connectivity index (χ4v) is 3.39. The van der Waals surface area contributed by atoms with Crippen molar-refractivity contribution in [1.29, 1.82) is 0 Å². The maximum atomic E-state index is 6.25. The van der Waals surface area contributed by atoms with Gasteiger partial charge in [-0.05, 0) is 18.9 Å². The topological polar surface area (TPSA) is 35.0 Å².